The number of hydrogen-bond donors (Lipinski definition) is 1. The standard InChI is InChI=1S/C14H22ClN3O/c1-4-10-13(15)11(18(5-2)17-10)9-12(19)14(3)7-6-8-16-14/h16H,4-9H2,1-3H3. The first-order valence-electron chi connectivity index (χ1n) is 7.04. The van der Waals surface area contributed by atoms with Crippen LogP contribution in [0.2, 0.25) is 5.02 Å². The quantitative estimate of drug-likeness (QED) is 0.902. The number of rotatable bonds is 5. The van der Waals surface area contributed by atoms with Crippen molar-refractivity contribution in [3.8, 4) is 0 Å². The second kappa shape index (κ2) is 5.63. The molecular weight excluding hydrogens is 262 g/mol. The minimum atomic E-state index is -0.390. The molecule has 1 N–H and O–H groups in total. The van der Waals surface area contributed by atoms with E-state index >= 15 is 0 Å². The highest BCUT2D eigenvalue weighted by atomic mass is 35.5. The summed E-state index contributed by atoms with van der Waals surface area (Å²) in [5, 5.41) is 8.44. The molecule has 106 valence electrons. The fraction of sp³-hybridized carbons (Fsp3) is 0.714. The lowest BCUT2D eigenvalue weighted by molar-refractivity contribution is -0.123. The molecule has 1 unspecified atom stereocenters. The van der Waals surface area contributed by atoms with Gasteiger partial charge in [-0.15, -0.1) is 0 Å². The smallest absolute Gasteiger partial charge is 0.158 e. The Morgan fingerprint density at radius 1 is 1.53 bits per heavy atom. The van der Waals surface area contributed by atoms with Gasteiger partial charge in [-0.25, -0.2) is 0 Å². The lowest BCUT2D eigenvalue weighted by Gasteiger charge is -2.22. The number of halogens is 1. The highest BCUT2D eigenvalue weighted by Crippen LogP contribution is 2.26. The van der Waals surface area contributed by atoms with E-state index in [1.807, 2.05) is 25.5 Å². The highest BCUT2D eigenvalue weighted by molar-refractivity contribution is 6.32. The number of aromatic nitrogens is 2. The maximum absolute atomic E-state index is 12.5. The summed E-state index contributed by atoms with van der Waals surface area (Å²) in [6.07, 6.45) is 3.12. The van der Waals surface area contributed by atoms with Crippen LogP contribution in [0.5, 0.6) is 0 Å². The molecule has 0 aliphatic carbocycles. The van der Waals surface area contributed by atoms with Gasteiger partial charge in [0.2, 0.25) is 0 Å². The van der Waals surface area contributed by atoms with E-state index < -0.39 is 5.54 Å². The highest BCUT2D eigenvalue weighted by Gasteiger charge is 2.36. The molecule has 1 aromatic rings. The third kappa shape index (κ3) is 2.70. The molecule has 2 rings (SSSR count). The van der Waals surface area contributed by atoms with Crippen LogP contribution in [0.15, 0.2) is 0 Å². The normalized spacial score (nSPS) is 22.9. The van der Waals surface area contributed by atoms with Gasteiger partial charge in [-0.2, -0.15) is 5.10 Å². The number of nitrogens with one attached hydrogen (secondary N) is 1. The second-order valence-electron chi connectivity index (χ2n) is 5.34. The first-order valence-corrected chi connectivity index (χ1v) is 7.42. The molecule has 1 fully saturated rings. The van der Waals surface area contributed by atoms with Gasteiger partial charge in [0.15, 0.2) is 5.78 Å². The van der Waals surface area contributed by atoms with Crippen LogP contribution >= 0.6 is 11.6 Å². The van der Waals surface area contributed by atoms with Gasteiger partial charge in [0.05, 0.1) is 28.4 Å². The van der Waals surface area contributed by atoms with E-state index in [4.69, 9.17) is 11.6 Å². The van der Waals surface area contributed by atoms with E-state index in [0.717, 1.165) is 43.7 Å². The van der Waals surface area contributed by atoms with Gasteiger partial charge in [0.1, 0.15) is 0 Å². The molecule has 0 radical (unpaired) electrons. The van der Waals surface area contributed by atoms with Gasteiger partial charge < -0.3 is 5.32 Å². The zero-order valence-corrected chi connectivity index (χ0v) is 12.7. The summed E-state index contributed by atoms with van der Waals surface area (Å²) < 4.78 is 1.86. The third-order valence-corrected chi connectivity index (χ3v) is 4.44. The Kier molecular flexibility index (Phi) is 4.31. The van der Waals surface area contributed by atoms with Crippen molar-refractivity contribution in [1.29, 1.82) is 0 Å². The van der Waals surface area contributed by atoms with E-state index in [2.05, 4.69) is 10.4 Å². The SMILES string of the molecule is CCc1nn(CC)c(CC(=O)C2(C)CCCN2)c1Cl. The molecule has 0 saturated carbocycles. The van der Waals surface area contributed by atoms with Crippen LogP contribution in [0, 0.1) is 0 Å². The summed E-state index contributed by atoms with van der Waals surface area (Å²) in [5.74, 6) is 0.212. The fourth-order valence-electron chi connectivity index (χ4n) is 2.67. The predicted octanol–water partition coefficient (Wildman–Crippen LogP) is 2.37. The topological polar surface area (TPSA) is 46.9 Å². The van der Waals surface area contributed by atoms with E-state index in [9.17, 15) is 4.79 Å². The number of carbonyl (C=O) groups is 1. The summed E-state index contributed by atoms with van der Waals surface area (Å²) in [5.41, 5.74) is 1.36. The first-order chi connectivity index (χ1) is 9.01. The number of carbonyl (C=O) groups excluding carboxylic acids is 1. The lowest BCUT2D eigenvalue weighted by atomic mass is 9.91. The second-order valence-corrected chi connectivity index (χ2v) is 5.72. The molecule has 1 aliphatic heterocycles. The third-order valence-electron chi connectivity index (χ3n) is 4.01. The van der Waals surface area contributed by atoms with E-state index in [1.165, 1.54) is 0 Å². The van der Waals surface area contributed by atoms with Crippen molar-refractivity contribution in [2.45, 2.75) is 58.5 Å². The van der Waals surface area contributed by atoms with E-state index in [-0.39, 0.29) is 5.78 Å². The summed E-state index contributed by atoms with van der Waals surface area (Å²) in [6.45, 7) is 7.70. The lowest BCUT2D eigenvalue weighted by Crippen LogP contribution is -2.45. The van der Waals surface area contributed by atoms with Gasteiger partial charge in [-0.05, 0) is 39.7 Å². The van der Waals surface area contributed by atoms with Crippen LogP contribution in [0.25, 0.3) is 0 Å². The Morgan fingerprint density at radius 3 is 2.79 bits per heavy atom. The number of hydrogen-bond acceptors (Lipinski definition) is 3. The largest absolute Gasteiger partial charge is 0.305 e. The average Bonchev–Trinajstić information content (AvgIpc) is 2.96. The molecule has 1 aromatic heterocycles. The van der Waals surface area contributed by atoms with Crippen LogP contribution < -0.4 is 5.32 Å². The van der Waals surface area contributed by atoms with Crippen molar-refractivity contribution in [2.75, 3.05) is 6.54 Å². The van der Waals surface area contributed by atoms with Crippen LogP contribution in [-0.2, 0) is 24.2 Å². The summed E-state index contributed by atoms with van der Waals surface area (Å²) >= 11 is 6.35. The molecule has 2 heterocycles. The molecule has 1 saturated heterocycles. The van der Waals surface area contributed by atoms with Gasteiger partial charge in [0, 0.05) is 6.54 Å². The van der Waals surface area contributed by atoms with Crippen LogP contribution in [0.4, 0.5) is 0 Å². The number of nitrogens with zero attached hydrogens (tertiary/aromatic N) is 2. The molecule has 0 aromatic carbocycles. The van der Waals surface area contributed by atoms with E-state index in [0.29, 0.717) is 11.4 Å². The molecule has 19 heavy (non-hydrogen) atoms. The van der Waals surface area contributed by atoms with Crippen molar-refractivity contribution in [3.63, 3.8) is 0 Å². The van der Waals surface area contributed by atoms with Crippen LogP contribution in [0.3, 0.4) is 0 Å². The summed E-state index contributed by atoms with van der Waals surface area (Å²) in [7, 11) is 0. The Morgan fingerprint density at radius 2 is 2.26 bits per heavy atom. The van der Waals surface area contributed by atoms with Crippen molar-refractivity contribution in [3.05, 3.63) is 16.4 Å². The monoisotopic (exact) mass is 283 g/mol. The molecule has 1 atom stereocenters. The molecular formula is C14H22ClN3O. The van der Waals surface area contributed by atoms with Crippen molar-refractivity contribution >= 4 is 17.4 Å². The molecule has 0 amide bonds. The van der Waals surface area contributed by atoms with Gasteiger partial charge in [-0.1, -0.05) is 18.5 Å². The zero-order chi connectivity index (χ0) is 14.0. The summed E-state index contributed by atoms with van der Waals surface area (Å²) in [4.78, 5) is 12.5. The number of Topliss-reactive ketones (excluding diaryl/α,β-unsaturated/α-hetero) is 1. The van der Waals surface area contributed by atoms with Crippen LogP contribution in [-0.4, -0.2) is 27.6 Å². The summed E-state index contributed by atoms with van der Waals surface area (Å²) in [6, 6.07) is 0. The Bertz CT molecular complexity index is 475. The fourth-order valence-corrected chi connectivity index (χ4v) is 3.00. The van der Waals surface area contributed by atoms with Gasteiger partial charge in [-0.3, -0.25) is 9.48 Å². The Labute approximate surface area is 119 Å². The Balaban J connectivity index is 2.23. The van der Waals surface area contributed by atoms with Gasteiger partial charge in [0.25, 0.3) is 0 Å². The van der Waals surface area contributed by atoms with Crippen molar-refractivity contribution < 1.29 is 4.79 Å². The average molecular weight is 284 g/mol. The number of ketones is 1. The molecule has 1 aliphatic rings. The van der Waals surface area contributed by atoms with E-state index in [1.54, 1.807) is 0 Å². The Hall–Kier alpha value is -0.870. The first kappa shape index (κ1) is 14.5. The molecule has 4 nitrogen and oxygen atoms in total. The maximum Gasteiger partial charge on any atom is 0.158 e. The predicted molar refractivity (Wildman–Crippen MR) is 76.6 cm³/mol. The number of aryl methyl sites for hydroxylation is 2. The maximum atomic E-state index is 12.5. The van der Waals surface area contributed by atoms with Crippen molar-refractivity contribution in [1.82, 2.24) is 15.1 Å². The minimum Gasteiger partial charge on any atom is -0.305 e. The molecule has 0 spiro atoms. The van der Waals surface area contributed by atoms with Crippen molar-refractivity contribution in [2.24, 2.45) is 0 Å². The van der Waals surface area contributed by atoms with Gasteiger partial charge >= 0.3 is 0 Å². The van der Waals surface area contributed by atoms with Crippen LogP contribution in [0.1, 0.15) is 45.0 Å². The molecule has 5 heteroatoms. The zero-order valence-electron chi connectivity index (χ0n) is 11.9. The molecule has 0 bridgehead atoms. The minimum absolute atomic E-state index is 0.212.